The number of hydrogen-bond acceptors (Lipinski definition) is 5. The summed E-state index contributed by atoms with van der Waals surface area (Å²) in [6, 6.07) is 1.76. The first kappa shape index (κ1) is 16.4. The molecular formula is C18H22N4O2S. The lowest BCUT2D eigenvalue weighted by molar-refractivity contribution is -0.137. The fraction of sp³-hybridized carbons (Fsp3) is 0.556. The first-order valence-corrected chi connectivity index (χ1v) is 9.69. The summed E-state index contributed by atoms with van der Waals surface area (Å²) in [6.45, 7) is 3.97. The predicted molar refractivity (Wildman–Crippen MR) is 95.8 cm³/mol. The Morgan fingerprint density at radius 2 is 2.12 bits per heavy atom. The minimum Gasteiger partial charge on any atom is -0.342 e. The van der Waals surface area contributed by atoms with Crippen molar-refractivity contribution in [2.24, 2.45) is 5.92 Å². The average Bonchev–Trinajstić information content (AvgIpc) is 2.95. The minimum absolute atomic E-state index is 0.00874. The van der Waals surface area contributed by atoms with Crippen molar-refractivity contribution in [2.45, 2.75) is 45.6 Å². The lowest BCUT2D eigenvalue weighted by Gasteiger charge is -2.39. The third kappa shape index (κ3) is 3.51. The smallest absolute Gasteiger partial charge is 0.267 e. The van der Waals surface area contributed by atoms with Gasteiger partial charge < -0.3 is 4.90 Å². The number of aryl methyl sites for hydroxylation is 3. The summed E-state index contributed by atoms with van der Waals surface area (Å²) in [7, 11) is 0. The van der Waals surface area contributed by atoms with Crippen LogP contribution >= 0.6 is 11.3 Å². The Kier molecular flexibility index (Phi) is 4.41. The molecule has 3 heterocycles. The van der Waals surface area contributed by atoms with E-state index in [0.717, 1.165) is 46.8 Å². The van der Waals surface area contributed by atoms with E-state index in [1.807, 2.05) is 11.8 Å². The number of rotatable bonds is 4. The summed E-state index contributed by atoms with van der Waals surface area (Å²) < 4.78 is 1.60. The molecule has 4 rings (SSSR count). The van der Waals surface area contributed by atoms with Gasteiger partial charge in [-0.1, -0.05) is 0 Å². The van der Waals surface area contributed by atoms with Crippen LogP contribution in [-0.4, -0.2) is 38.7 Å². The number of aromatic nitrogens is 3. The molecule has 1 saturated heterocycles. The van der Waals surface area contributed by atoms with Gasteiger partial charge in [0.05, 0.1) is 23.7 Å². The molecule has 2 aromatic rings. The van der Waals surface area contributed by atoms with Crippen LogP contribution in [0.5, 0.6) is 0 Å². The maximum Gasteiger partial charge on any atom is 0.267 e. The van der Waals surface area contributed by atoms with Crippen molar-refractivity contribution < 1.29 is 4.79 Å². The maximum atomic E-state index is 12.3. The molecule has 0 atom stereocenters. The van der Waals surface area contributed by atoms with Crippen LogP contribution in [0.15, 0.2) is 17.1 Å². The number of fused-ring (bicyclic) bond motifs is 1. The van der Waals surface area contributed by atoms with E-state index in [9.17, 15) is 9.59 Å². The highest BCUT2D eigenvalue weighted by Gasteiger charge is 2.31. The fourth-order valence-electron chi connectivity index (χ4n) is 3.61. The molecule has 0 N–H and O–H groups in total. The van der Waals surface area contributed by atoms with Crippen LogP contribution in [-0.2, 0) is 30.6 Å². The monoisotopic (exact) mass is 358 g/mol. The molecule has 1 fully saturated rings. The molecule has 6 nitrogen and oxygen atoms in total. The average molecular weight is 358 g/mol. The number of nitrogens with zero attached hydrogens (tertiary/aromatic N) is 4. The molecular weight excluding hydrogens is 336 g/mol. The Morgan fingerprint density at radius 1 is 1.32 bits per heavy atom. The van der Waals surface area contributed by atoms with E-state index in [0.29, 0.717) is 32.0 Å². The van der Waals surface area contributed by atoms with Crippen molar-refractivity contribution >= 4 is 17.2 Å². The molecule has 2 aromatic heterocycles. The molecule has 0 unspecified atom stereocenters. The van der Waals surface area contributed by atoms with Gasteiger partial charge in [0.2, 0.25) is 5.91 Å². The van der Waals surface area contributed by atoms with Crippen LogP contribution in [0.25, 0.3) is 0 Å². The van der Waals surface area contributed by atoms with Gasteiger partial charge in [0.15, 0.2) is 0 Å². The third-order valence-corrected chi connectivity index (χ3v) is 5.92. The van der Waals surface area contributed by atoms with E-state index in [4.69, 9.17) is 0 Å². The molecule has 1 amide bonds. The highest BCUT2D eigenvalue weighted by atomic mass is 32.1. The van der Waals surface area contributed by atoms with Crippen LogP contribution in [0, 0.1) is 12.8 Å². The highest BCUT2D eigenvalue weighted by Crippen LogP contribution is 2.21. The van der Waals surface area contributed by atoms with Crippen LogP contribution in [0.3, 0.4) is 0 Å². The Balaban J connectivity index is 1.34. The standard InChI is InChI=1S/C18H22N4O2S/c1-12-19-8-15(25-12)7-17(23)21-9-13(10-21)11-22-18(24)6-14-4-2-3-5-16(14)20-22/h6,8,13H,2-5,7,9-11H2,1H3. The van der Waals surface area contributed by atoms with Crippen molar-refractivity contribution in [1.82, 2.24) is 19.7 Å². The Hall–Kier alpha value is -2.02. The van der Waals surface area contributed by atoms with Gasteiger partial charge >= 0.3 is 0 Å². The quantitative estimate of drug-likeness (QED) is 0.832. The SMILES string of the molecule is Cc1ncc(CC(=O)N2CC(Cn3nc4c(cc3=O)CCCC4)C2)s1. The van der Waals surface area contributed by atoms with Gasteiger partial charge in [0.1, 0.15) is 0 Å². The number of hydrogen-bond donors (Lipinski definition) is 0. The zero-order chi connectivity index (χ0) is 17.4. The van der Waals surface area contributed by atoms with Gasteiger partial charge in [-0.3, -0.25) is 9.59 Å². The minimum atomic E-state index is -0.00874. The van der Waals surface area contributed by atoms with Crippen LogP contribution in [0.1, 0.15) is 34.0 Å². The van der Waals surface area contributed by atoms with Gasteiger partial charge in [-0.15, -0.1) is 11.3 Å². The largest absolute Gasteiger partial charge is 0.342 e. The van der Waals surface area contributed by atoms with E-state index in [1.54, 1.807) is 28.3 Å². The van der Waals surface area contributed by atoms with Crippen molar-refractivity contribution in [3.63, 3.8) is 0 Å². The molecule has 2 aliphatic rings. The molecule has 0 spiro atoms. The van der Waals surface area contributed by atoms with E-state index in [-0.39, 0.29) is 11.5 Å². The lowest BCUT2D eigenvalue weighted by atomic mass is 9.96. The van der Waals surface area contributed by atoms with Crippen LogP contribution in [0.4, 0.5) is 0 Å². The Morgan fingerprint density at radius 3 is 2.88 bits per heavy atom. The molecule has 132 valence electrons. The number of carbonyl (C=O) groups excluding carboxylic acids is 1. The van der Waals surface area contributed by atoms with E-state index >= 15 is 0 Å². The summed E-state index contributed by atoms with van der Waals surface area (Å²) >= 11 is 1.57. The molecule has 1 aliphatic carbocycles. The summed E-state index contributed by atoms with van der Waals surface area (Å²) in [5, 5.41) is 5.56. The third-order valence-electron chi connectivity index (χ3n) is 5.01. The van der Waals surface area contributed by atoms with Crippen molar-refractivity contribution in [3.8, 4) is 0 Å². The Bertz CT molecular complexity index is 851. The molecule has 0 bridgehead atoms. The summed E-state index contributed by atoms with van der Waals surface area (Å²) in [4.78, 5) is 31.6. The molecule has 0 aromatic carbocycles. The summed E-state index contributed by atoms with van der Waals surface area (Å²) in [6.07, 6.45) is 6.46. The first-order valence-electron chi connectivity index (χ1n) is 8.87. The van der Waals surface area contributed by atoms with Crippen LogP contribution in [0.2, 0.25) is 0 Å². The zero-order valence-electron chi connectivity index (χ0n) is 14.4. The first-order chi connectivity index (χ1) is 12.1. The zero-order valence-corrected chi connectivity index (χ0v) is 15.2. The van der Waals surface area contributed by atoms with E-state index < -0.39 is 0 Å². The van der Waals surface area contributed by atoms with Gasteiger partial charge in [-0.25, -0.2) is 9.67 Å². The highest BCUT2D eigenvalue weighted by molar-refractivity contribution is 7.11. The van der Waals surface area contributed by atoms with Gasteiger partial charge in [0, 0.05) is 36.1 Å². The van der Waals surface area contributed by atoms with Gasteiger partial charge in [0.25, 0.3) is 5.56 Å². The van der Waals surface area contributed by atoms with Crippen molar-refractivity contribution in [2.75, 3.05) is 13.1 Å². The van der Waals surface area contributed by atoms with Crippen molar-refractivity contribution in [1.29, 1.82) is 0 Å². The summed E-state index contributed by atoms with van der Waals surface area (Å²) in [5.74, 6) is 0.463. The van der Waals surface area contributed by atoms with E-state index in [1.165, 1.54) is 0 Å². The van der Waals surface area contributed by atoms with Gasteiger partial charge in [-0.05, 0) is 38.2 Å². The second-order valence-electron chi connectivity index (χ2n) is 7.03. The Labute approximate surface area is 150 Å². The molecule has 0 radical (unpaired) electrons. The maximum absolute atomic E-state index is 12.3. The molecule has 7 heteroatoms. The number of likely N-dealkylation sites (tertiary alicyclic amines) is 1. The number of carbonyl (C=O) groups is 1. The van der Waals surface area contributed by atoms with Crippen LogP contribution < -0.4 is 5.56 Å². The second kappa shape index (κ2) is 6.71. The topological polar surface area (TPSA) is 68.1 Å². The lowest BCUT2D eigenvalue weighted by Crippen LogP contribution is -2.52. The fourth-order valence-corrected chi connectivity index (χ4v) is 4.40. The molecule has 1 aliphatic heterocycles. The normalized spacial score (nSPS) is 17.2. The second-order valence-corrected chi connectivity index (χ2v) is 8.35. The van der Waals surface area contributed by atoms with E-state index in [2.05, 4.69) is 10.1 Å². The molecule has 25 heavy (non-hydrogen) atoms. The van der Waals surface area contributed by atoms with Gasteiger partial charge in [-0.2, -0.15) is 5.10 Å². The number of thiazole rings is 1. The van der Waals surface area contributed by atoms with Crippen molar-refractivity contribution in [3.05, 3.63) is 43.8 Å². The number of amides is 1. The summed E-state index contributed by atoms with van der Waals surface area (Å²) in [5.41, 5.74) is 2.20. The predicted octanol–water partition coefficient (Wildman–Crippen LogP) is 1.59. The molecule has 0 saturated carbocycles.